The predicted octanol–water partition coefficient (Wildman–Crippen LogP) is 1.14. The molecule has 2 atom stereocenters. The Morgan fingerprint density at radius 3 is 2.78 bits per heavy atom. The molecule has 5 nitrogen and oxygen atoms in total. The maximum atomic E-state index is 11.8. The van der Waals surface area contributed by atoms with Crippen molar-refractivity contribution in [1.82, 2.24) is 4.72 Å². The van der Waals surface area contributed by atoms with Gasteiger partial charge in [0.15, 0.2) is 0 Å². The number of nitrogens with one attached hydrogen (secondary N) is 1. The van der Waals surface area contributed by atoms with E-state index in [4.69, 9.17) is 0 Å². The van der Waals surface area contributed by atoms with Crippen molar-refractivity contribution >= 4 is 27.8 Å². The molecule has 0 heterocycles. The van der Waals surface area contributed by atoms with Gasteiger partial charge >= 0.3 is 5.97 Å². The first kappa shape index (κ1) is 15.8. The van der Waals surface area contributed by atoms with Crippen molar-refractivity contribution in [3.63, 3.8) is 0 Å². The van der Waals surface area contributed by atoms with Crippen molar-refractivity contribution in [3.8, 4) is 0 Å². The number of sulfonamides is 1. The first-order chi connectivity index (χ1) is 8.48. The molecular formula is C11H21NO4S2. The molecule has 2 unspecified atom stereocenters. The second-order valence-electron chi connectivity index (χ2n) is 4.43. The Bertz CT molecular complexity index is 369. The second kappa shape index (κ2) is 7.35. The average Bonchev–Trinajstić information content (AvgIpc) is 2.74. The topological polar surface area (TPSA) is 72.5 Å². The Hall–Kier alpha value is -0.270. The summed E-state index contributed by atoms with van der Waals surface area (Å²) in [5.41, 5.74) is 0. The third-order valence-electron chi connectivity index (χ3n) is 3.11. The lowest BCUT2D eigenvalue weighted by atomic mass is 10.3. The van der Waals surface area contributed by atoms with Crippen molar-refractivity contribution in [1.29, 1.82) is 0 Å². The number of hydrogen-bond donors (Lipinski definition) is 1. The van der Waals surface area contributed by atoms with Crippen molar-refractivity contribution in [2.24, 2.45) is 0 Å². The molecule has 1 aliphatic rings. The summed E-state index contributed by atoms with van der Waals surface area (Å²) in [6, 6.07) is 0.0446. The van der Waals surface area contributed by atoms with Gasteiger partial charge in [-0.3, -0.25) is 4.79 Å². The Morgan fingerprint density at radius 1 is 1.44 bits per heavy atom. The summed E-state index contributed by atoms with van der Waals surface area (Å²) in [6.07, 6.45) is 5.50. The van der Waals surface area contributed by atoms with Crippen LogP contribution in [0.5, 0.6) is 0 Å². The van der Waals surface area contributed by atoms with Crippen LogP contribution in [0.15, 0.2) is 0 Å². The first-order valence-corrected chi connectivity index (χ1v) is 9.02. The number of carbonyl (C=O) groups is 1. The molecule has 0 aromatic carbocycles. The van der Waals surface area contributed by atoms with Crippen molar-refractivity contribution < 1.29 is 17.9 Å². The zero-order valence-corrected chi connectivity index (χ0v) is 12.5. The molecule has 1 saturated carbocycles. The molecule has 0 aromatic rings. The van der Waals surface area contributed by atoms with E-state index in [9.17, 15) is 13.2 Å². The molecule has 0 amide bonds. The largest absolute Gasteiger partial charge is 0.469 e. The Balaban J connectivity index is 2.37. The van der Waals surface area contributed by atoms with E-state index < -0.39 is 10.0 Å². The van der Waals surface area contributed by atoms with E-state index in [0.717, 1.165) is 19.3 Å². The summed E-state index contributed by atoms with van der Waals surface area (Å²) in [4.78, 5) is 10.9. The summed E-state index contributed by atoms with van der Waals surface area (Å²) >= 11 is 1.71. The molecule has 1 rings (SSSR count). The fourth-order valence-corrected chi connectivity index (χ4v) is 4.55. The van der Waals surface area contributed by atoms with E-state index in [-0.39, 0.29) is 24.2 Å². The van der Waals surface area contributed by atoms with E-state index >= 15 is 0 Å². The minimum absolute atomic E-state index is 0.0142. The Labute approximate surface area is 113 Å². The van der Waals surface area contributed by atoms with Gasteiger partial charge in [-0.25, -0.2) is 13.1 Å². The van der Waals surface area contributed by atoms with Crippen LogP contribution in [-0.2, 0) is 19.6 Å². The number of carbonyl (C=O) groups excluding carboxylic acids is 1. The monoisotopic (exact) mass is 295 g/mol. The maximum Gasteiger partial charge on any atom is 0.305 e. The van der Waals surface area contributed by atoms with Crippen LogP contribution in [0.1, 0.15) is 32.1 Å². The highest BCUT2D eigenvalue weighted by atomic mass is 32.2. The van der Waals surface area contributed by atoms with Crippen molar-refractivity contribution in [2.75, 3.05) is 19.1 Å². The lowest BCUT2D eigenvalue weighted by Gasteiger charge is -2.18. The van der Waals surface area contributed by atoms with Crippen LogP contribution in [0, 0.1) is 0 Å². The van der Waals surface area contributed by atoms with Gasteiger partial charge in [0.2, 0.25) is 10.0 Å². The number of hydrogen-bond acceptors (Lipinski definition) is 5. The third kappa shape index (κ3) is 5.16. The van der Waals surface area contributed by atoms with Crippen LogP contribution < -0.4 is 4.72 Å². The van der Waals surface area contributed by atoms with Crippen LogP contribution in [0.3, 0.4) is 0 Å². The van der Waals surface area contributed by atoms with E-state index in [2.05, 4.69) is 9.46 Å². The Morgan fingerprint density at radius 2 is 2.17 bits per heavy atom. The lowest BCUT2D eigenvalue weighted by molar-refractivity contribution is -0.140. The van der Waals surface area contributed by atoms with Gasteiger partial charge < -0.3 is 4.74 Å². The number of esters is 1. The van der Waals surface area contributed by atoms with Gasteiger partial charge in [0.1, 0.15) is 0 Å². The molecule has 18 heavy (non-hydrogen) atoms. The SMILES string of the molecule is COC(=O)CCCS(=O)(=O)NC1CCCC1SC. The van der Waals surface area contributed by atoms with Gasteiger partial charge in [-0.1, -0.05) is 6.42 Å². The standard InChI is InChI=1S/C11H21NO4S2/c1-16-11(13)7-4-8-18(14,15)12-9-5-3-6-10(9)17-2/h9-10,12H,3-8H2,1-2H3. The van der Waals surface area contributed by atoms with E-state index in [1.54, 1.807) is 11.8 Å². The number of rotatable bonds is 7. The minimum atomic E-state index is -3.28. The molecular weight excluding hydrogens is 274 g/mol. The zero-order valence-electron chi connectivity index (χ0n) is 10.8. The van der Waals surface area contributed by atoms with E-state index in [0.29, 0.717) is 11.7 Å². The molecule has 0 spiro atoms. The highest BCUT2D eigenvalue weighted by Crippen LogP contribution is 2.28. The van der Waals surface area contributed by atoms with E-state index in [1.807, 2.05) is 6.26 Å². The molecule has 0 bridgehead atoms. The summed E-state index contributed by atoms with van der Waals surface area (Å²) in [5.74, 6) is -0.382. The van der Waals surface area contributed by atoms with Gasteiger partial charge in [-0.15, -0.1) is 0 Å². The summed E-state index contributed by atoms with van der Waals surface area (Å²) in [5, 5.41) is 0.375. The molecule has 0 saturated heterocycles. The average molecular weight is 295 g/mol. The van der Waals surface area contributed by atoms with Crippen LogP contribution in [0.2, 0.25) is 0 Å². The summed E-state index contributed by atoms with van der Waals surface area (Å²) in [6.45, 7) is 0. The van der Waals surface area contributed by atoms with Gasteiger partial charge in [-0.05, 0) is 25.5 Å². The molecule has 7 heteroatoms. The van der Waals surface area contributed by atoms with Gasteiger partial charge in [0.05, 0.1) is 12.9 Å². The van der Waals surface area contributed by atoms with Crippen molar-refractivity contribution in [3.05, 3.63) is 0 Å². The fraction of sp³-hybridized carbons (Fsp3) is 0.909. The normalized spacial score (nSPS) is 24.1. The van der Waals surface area contributed by atoms with Crippen LogP contribution >= 0.6 is 11.8 Å². The molecule has 1 aliphatic carbocycles. The van der Waals surface area contributed by atoms with Crippen LogP contribution in [-0.4, -0.2) is 44.8 Å². The lowest BCUT2D eigenvalue weighted by Crippen LogP contribution is -2.39. The number of thioether (sulfide) groups is 1. The predicted molar refractivity (Wildman–Crippen MR) is 73.1 cm³/mol. The molecule has 0 aromatic heterocycles. The highest BCUT2D eigenvalue weighted by molar-refractivity contribution is 7.99. The summed E-state index contributed by atoms with van der Waals surface area (Å²) < 4.78 is 30.9. The van der Waals surface area contributed by atoms with Gasteiger partial charge in [-0.2, -0.15) is 11.8 Å². The fourth-order valence-electron chi connectivity index (χ4n) is 2.14. The third-order valence-corrected chi connectivity index (χ3v) is 5.77. The first-order valence-electron chi connectivity index (χ1n) is 6.08. The maximum absolute atomic E-state index is 11.8. The molecule has 0 radical (unpaired) electrons. The molecule has 0 aliphatic heterocycles. The number of methoxy groups -OCH3 is 1. The highest BCUT2D eigenvalue weighted by Gasteiger charge is 2.29. The Kier molecular flexibility index (Phi) is 6.45. The van der Waals surface area contributed by atoms with Crippen molar-refractivity contribution in [2.45, 2.75) is 43.4 Å². The van der Waals surface area contributed by atoms with Gasteiger partial charge in [0.25, 0.3) is 0 Å². The van der Waals surface area contributed by atoms with Crippen LogP contribution in [0.4, 0.5) is 0 Å². The molecule has 1 fully saturated rings. The second-order valence-corrected chi connectivity index (χ2v) is 7.38. The number of ether oxygens (including phenoxy) is 1. The smallest absolute Gasteiger partial charge is 0.305 e. The summed E-state index contributed by atoms with van der Waals surface area (Å²) in [7, 11) is -1.98. The molecule has 1 N–H and O–H groups in total. The van der Waals surface area contributed by atoms with E-state index in [1.165, 1.54) is 7.11 Å². The van der Waals surface area contributed by atoms with Crippen LogP contribution in [0.25, 0.3) is 0 Å². The minimum Gasteiger partial charge on any atom is -0.469 e. The van der Waals surface area contributed by atoms with Gasteiger partial charge in [0, 0.05) is 17.7 Å². The zero-order chi connectivity index (χ0) is 13.6. The molecule has 106 valence electrons. The quantitative estimate of drug-likeness (QED) is 0.713.